The molecule has 22 heavy (non-hydrogen) atoms. The van der Waals surface area contributed by atoms with Crippen molar-refractivity contribution >= 4 is 16.3 Å². The Balaban J connectivity index is 2.39. The molecule has 0 heterocycles. The predicted octanol–water partition coefficient (Wildman–Crippen LogP) is 3.02. The Morgan fingerprint density at radius 2 is 1.68 bits per heavy atom. The zero-order valence-electron chi connectivity index (χ0n) is 11.9. The molecule has 0 bridgehead atoms. The minimum absolute atomic E-state index is 0.131. The van der Waals surface area contributed by atoms with Gasteiger partial charge >= 0.3 is 10.1 Å². The zero-order valence-corrected chi connectivity index (χ0v) is 12.8. The normalized spacial score (nSPS) is 11.8. The van der Waals surface area contributed by atoms with Gasteiger partial charge in [0.05, 0.1) is 6.21 Å². The number of nitrogens with zero attached hydrogens (tertiary/aromatic N) is 1. The van der Waals surface area contributed by atoms with Crippen molar-refractivity contribution in [3.63, 3.8) is 0 Å². The van der Waals surface area contributed by atoms with E-state index in [9.17, 15) is 12.8 Å². The molecule has 0 unspecified atom stereocenters. The van der Waals surface area contributed by atoms with Crippen molar-refractivity contribution in [3.8, 4) is 5.75 Å². The zero-order chi connectivity index (χ0) is 16.3. The highest BCUT2D eigenvalue weighted by Crippen LogP contribution is 2.27. The Labute approximate surface area is 127 Å². The highest BCUT2D eigenvalue weighted by molar-refractivity contribution is 7.87. The van der Waals surface area contributed by atoms with E-state index in [1.165, 1.54) is 6.21 Å². The first-order chi connectivity index (χ1) is 10.3. The van der Waals surface area contributed by atoms with Crippen LogP contribution in [0.2, 0.25) is 0 Å². The van der Waals surface area contributed by atoms with Gasteiger partial charge in [-0.25, -0.2) is 4.39 Å². The lowest BCUT2D eigenvalue weighted by Gasteiger charge is -2.13. The van der Waals surface area contributed by atoms with Gasteiger partial charge in [-0.1, -0.05) is 5.16 Å². The summed E-state index contributed by atoms with van der Waals surface area (Å²) in [4.78, 5) is -0.131. The lowest BCUT2D eigenvalue weighted by Crippen LogP contribution is -2.11. The van der Waals surface area contributed by atoms with Crippen molar-refractivity contribution in [2.24, 2.45) is 5.16 Å². The number of oxime groups is 1. The molecule has 0 fully saturated rings. The van der Waals surface area contributed by atoms with Gasteiger partial charge in [0.25, 0.3) is 0 Å². The molecule has 2 aromatic rings. The second-order valence-electron chi connectivity index (χ2n) is 4.72. The van der Waals surface area contributed by atoms with Gasteiger partial charge in [-0.05, 0) is 66.9 Å². The molecule has 0 saturated heterocycles. The standard InChI is InChI=1S/C15H14FNO4S/c1-10-7-12(9-17-18)8-11(2)15(10)21-22(19,20)14-5-3-13(16)4-6-14/h3-9,18H,1-2H3/b17-9+. The number of rotatable bonds is 4. The first kappa shape index (κ1) is 16.0. The highest BCUT2D eigenvalue weighted by atomic mass is 32.2. The highest BCUT2D eigenvalue weighted by Gasteiger charge is 2.19. The third-order valence-corrected chi connectivity index (χ3v) is 4.22. The summed E-state index contributed by atoms with van der Waals surface area (Å²) < 4.78 is 42.5. The SMILES string of the molecule is Cc1cc(/C=N/O)cc(C)c1OS(=O)(=O)c1ccc(F)cc1. The first-order valence-electron chi connectivity index (χ1n) is 6.32. The van der Waals surface area contributed by atoms with Crippen molar-refractivity contribution in [1.82, 2.24) is 0 Å². The number of hydrogen-bond acceptors (Lipinski definition) is 5. The summed E-state index contributed by atoms with van der Waals surface area (Å²) in [5.41, 5.74) is 1.75. The minimum atomic E-state index is -4.05. The molecule has 2 rings (SSSR count). The van der Waals surface area contributed by atoms with Crippen molar-refractivity contribution in [2.45, 2.75) is 18.7 Å². The van der Waals surface area contributed by atoms with E-state index in [-0.39, 0.29) is 10.6 Å². The van der Waals surface area contributed by atoms with Gasteiger partial charge in [-0.3, -0.25) is 0 Å². The second-order valence-corrected chi connectivity index (χ2v) is 6.27. The van der Waals surface area contributed by atoms with E-state index in [0.29, 0.717) is 16.7 Å². The van der Waals surface area contributed by atoms with Crippen LogP contribution in [0.15, 0.2) is 46.4 Å². The van der Waals surface area contributed by atoms with E-state index < -0.39 is 15.9 Å². The smallest absolute Gasteiger partial charge is 0.339 e. The lowest BCUT2D eigenvalue weighted by molar-refractivity contribution is 0.322. The van der Waals surface area contributed by atoms with Crippen LogP contribution in [-0.2, 0) is 10.1 Å². The third kappa shape index (κ3) is 3.43. The van der Waals surface area contributed by atoms with Crippen LogP contribution < -0.4 is 4.18 Å². The van der Waals surface area contributed by atoms with E-state index in [0.717, 1.165) is 24.3 Å². The maximum absolute atomic E-state index is 12.9. The van der Waals surface area contributed by atoms with E-state index in [4.69, 9.17) is 9.39 Å². The molecule has 0 spiro atoms. The van der Waals surface area contributed by atoms with Crippen molar-refractivity contribution < 1.29 is 22.2 Å². The summed E-state index contributed by atoms with van der Waals surface area (Å²) in [6.45, 7) is 3.36. The number of hydrogen-bond donors (Lipinski definition) is 1. The molecule has 1 N–H and O–H groups in total. The Kier molecular flexibility index (Phi) is 4.46. The largest absolute Gasteiger partial charge is 0.411 e. The van der Waals surface area contributed by atoms with E-state index in [1.807, 2.05) is 0 Å². The van der Waals surface area contributed by atoms with Crippen LogP contribution in [0.3, 0.4) is 0 Å². The molecule has 0 aliphatic rings. The molecule has 116 valence electrons. The lowest BCUT2D eigenvalue weighted by atomic mass is 10.1. The number of benzene rings is 2. The van der Waals surface area contributed by atoms with Gasteiger partial charge in [-0.15, -0.1) is 0 Å². The molecule has 0 amide bonds. The Morgan fingerprint density at radius 1 is 1.14 bits per heavy atom. The summed E-state index contributed by atoms with van der Waals surface area (Å²) in [5.74, 6) is -0.335. The minimum Gasteiger partial charge on any atom is -0.411 e. The fourth-order valence-corrected chi connectivity index (χ4v) is 3.06. The average molecular weight is 323 g/mol. The molecule has 2 aromatic carbocycles. The van der Waals surface area contributed by atoms with Gasteiger partial charge < -0.3 is 9.39 Å². The predicted molar refractivity (Wildman–Crippen MR) is 79.5 cm³/mol. The van der Waals surface area contributed by atoms with Crippen LogP contribution in [0.5, 0.6) is 5.75 Å². The topological polar surface area (TPSA) is 76.0 Å². The molecule has 0 atom stereocenters. The van der Waals surface area contributed by atoms with Crippen LogP contribution in [0.1, 0.15) is 16.7 Å². The van der Waals surface area contributed by atoms with Crippen LogP contribution in [0.25, 0.3) is 0 Å². The number of halogens is 1. The molecular weight excluding hydrogens is 309 g/mol. The van der Waals surface area contributed by atoms with Crippen LogP contribution >= 0.6 is 0 Å². The van der Waals surface area contributed by atoms with Crippen LogP contribution in [0.4, 0.5) is 4.39 Å². The van der Waals surface area contributed by atoms with Gasteiger partial charge in [0.15, 0.2) is 0 Å². The Morgan fingerprint density at radius 3 is 2.18 bits per heavy atom. The van der Waals surface area contributed by atoms with Gasteiger partial charge in [-0.2, -0.15) is 8.42 Å². The fraction of sp³-hybridized carbons (Fsp3) is 0.133. The Bertz CT molecular complexity index is 791. The maximum Gasteiger partial charge on any atom is 0.339 e. The van der Waals surface area contributed by atoms with Gasteiger partial charge in [0.1, 0.15) is 16.5 Å². The Hall–Kier alpha value is -2.41. The van der Waals surface area contributed by atoms with Crippen LogP contribution in [-0.4, -0.2) is 19.8 Å². The molecule has 0 radical (unpaired) electrons. The van der Waals surface area contributed by atoms with E-state index >= 15 is 0 Å². The average Bonchev–Trinajstić information content (AvgIpc) is 2.44. The number of aryl methyl sites for hydroxylation is 2. The first-order valence-corrected chi connectivity index (χ1v) is 7.73. The second kappa shape index (κ2) is 6.15. The summed E-state index contributed by atoms with van der Waals surface area (Å²) in [6.07, 6.45) is 1.23. The monoisotopic (exact) mass is 323 g/mol. The summed E-state index contributed by atoms with van der Waals surface area (Å²) in [6, 6.07) is 7.64. The molecule has 0 aromatic heterocycles. The van der Waals surface area contributed by atoms with Crippen molar-refractivity contribution in [2.75, 3.05) is 0 Å². The quantitative estimate of drug-likeness (QED) is 0.406. The third-order valence-electron chi connectivity index (χ3n) is 2.98. The molecule has 0 aliphatic carbocycles. The summed E-state index contributed by atoms with van der Waals surface area (Å²) in [5, 5.41) is 11.5. The van der Waals surface area contributed by atoms with Crippen LogP contribution in [0, 0.1) is 19.7 Å². The molecule has 0 aliphatic heterocycles. The maximum atomic E-state index is 12.9. The molecule has 5 nitrogen and oxygen atoms in total. The summed E-state index contributed by atoms with van der Waals surface area (Å²) in [7, 11) is -4.05. The van der Waals surface area contributed by atoms with Gasteiger partial charge in [0.2, 0.25) is 0 Å². The van der Waals surface area contributed by atoms with E-state index in [2.05, 4.69) is 5.16 Å². The molecule has 7 heteroatoms. The molecule has 0 saturated carbocycles. The van der Waals surface area contributed by atoms with Gasteiger partial charge in [0, 0.05) is 0 Å². The van der Waals surface area contributed by atoms with Crippen molar-refractivity contribution in [3.05, 3.63) is 58.9 Å². The summed E-state index contributed by atoms with van der Waals surface area (Å²) >= 11 is 0. The fourth-order valence-electron chi connectivity index (χ4n) is 2.02. The molecular formula is C15H14FNO4S. The van der Waals surface area contributed by atoms with E-state index in [1.54, 1.807) is 26.0 Å². The van der Waals surface area contributed by atoms with Crippen molar-refractivity contribution in [1.29, 1.82) is 0 Å².